The van der Waals surface area contributed by atoms with Crippen molar-refractivity contribution < 1.29 is 4.74 Å². The van der Waals surface area contributed by atoms with Crippen LogP contribution in [0.1, 0.15) is 25.8 Å². The minimum atomic E-state index is 0.709. The van der Waals surface area contributed by atoms with E-state index in [1.807, 2.05) is 0 Å². The zero-order valence-corrected chi connectivity index (χ0v) is 10.9. The molecule has 2 rings (SSSR count). The lowest BCUT2D eigenvalue weighted by Crippen LogP contribution is -2.43. The minimum absolute atomic E-state index is 0.709. The fourth-order valence-corrected chi connectivity index (χ4v) is 1.96. The van der Waals surface area contributed by atoms with Crippen LogP contribution in [0.25, 0.3) is 0 Å². The van der Waals surface area contributed by atoms with E-state index in [1.165, 1.54) is 25.1 Å². The van der Waals surface area contributed by atoms with Crippen molar-refractivity contribution >= 4 is 0 Å². The van der Waals surface area contributed by atoms with Gasteiger partial charge in [-0.05, 0) is 55.5 Å². The van der Waals surface area contributed by atoms with Gasteiger partial charge in [-0.3, -0.25) is 0 Å². The lowest BCUT2D eigenvalue weighted by molar-refractivity contribution is 0.289. The van der Waals surface area contributed by atoms with Crippen LogP contribution in [0.3, 0.4) is 0 Å². The molecule has 17 heavy (non-hydrogen) atoms. The summed E-state index contributed by atoms with van der Waals surface area (Å²) in [4.78, 5) is 0. The molecule has 1 fully saturated rings. The van der Waals surface area contributed by atoms with Crippen LogP contribution >= 0.6 is 0 Å². The van der Waals surface area contributed by atoms with Gasteiger partial charge in [0.05, 0.1) is 6.61 Å². The molecule has 1 saturated heterocycles. The third-order valence-electron chi connectivity index (χ3n) is 3.28. The van der Waals surface area contributed by atoms with E-state index < -0.39 is 0 Å². The summed E-state index contributed by atoms with van der Waals surface area (Å²) < 4.78 is 5.70. The summed E-state index contributed by atoms with van der Waals surface area (Å²) in [6.45, 7) is 7.61. The Labute approximate surface area is 104 Å². The first kappa shape index (κ1) is 12.4. The van der Waals surface area contributed by atoms with Gasteiger partial charge in [0.15, 0.2) is 0 Å². The van der Waals surface area contributed by atoms with Crippen molar-refractivity contribution in [3.8, 4) is 5.75 Å². The van der Waals surface area contributed by atoms with Crippen molar-refractivity contribution in [3.63, 3.8) is 0 Å². The van der Waals surface area contributed by atoms with E-state index >= 15 is 0 Å². The zero-order valence-electron chi connectivity index (χ0n) is 10.9. The smallest absolute Gasteiger partial charge is 0.119 e. The van der Waals surface area contributed by atoms with Crippen molar-refractivity contribution in [2.45, 2.75) is 26.7 Å². The summed E-state index contributed by atoms with van der Waals surface area (Å²) in [6, 6.07) is 8.59. The van der Waals surface area contributed by atoms with Gasteiger partial charge in [0.25, 0.3) is 0 Å². The van der Waals surface area contributed by atoms with Gasteiger partial charge in [0.2, 0.25) is 0 Å². The maximum Gasteiger partial charge on any atom is 0.119 e. The topological polar surface area (TPSA) is 21.3 Å². The van der Waals surface area contributed by atoms with E-state index in [9.17, 15) is 0 Å². The number of hydrogen-bond donors (Lipinski definition) is 1. The molecule has 1 aliphatic heterocycles. The molecule has 1 heterocycles. The largest absolute Gasteiger partial charge is 0.494 e. The Balaban J connectivity index is 1.76. The first-order chi connectivity index (χ1) is 8.24. The van der Waals surface area contributed by atoms with Crippen molar-refractivity contribution in [2.24, 2.45) is 11.8 Å². The fourth-order valence-electron chi connectivity index (χ4n) is 1.96. The van der Waals surface area contributed by atoms with Crippen LogP contribution in [0.2, 0.25) is 0 Å². The predicted molar refractivity (Wildman–Crippen MR) is 71.5 cm³/mol. The van der Waals surface area contributed by atoms with Crippen LogP contribution in [0.5, 0.6) is 5.75 Å². The number of benzene rings is 1. The minimum Gasteiger partial charge on any atom is -0.494 e. The van der Waals surface area contributed by atoms with Crippen molar-refractivity contribution in [2.75, 3.05) is 19.7 Å². The van der Waals surface area contributed by atoms with Crippen LogP contribution in [-0.4, -0.2) is 19.7 Å². The Morgan fingerprint density at radius 1 is 1.24 bits per heavy atom. The third kappa shape index (κ3) is 4.04. The molecule has 0 unspecified atom stereocenters. The Morgan fingerprint density at radius 3 is 2.47 bits per heavy atom. The van der Waals surface area contributed by atoms with Crippen molar-refractivity contribution in [3.05, 3.63) is 29.8 Å². The zero-order chi connectivity index (χ0) is 12.1. The molecule has 0 aromatic heterocycles. The fraction of sp³-hybridized carbons (Fsp3) is 0.600. The Hall–Kier alpha value is -1.02. The Morgan fingerprint density at radius 2 is 1.94 bits per heavy atom. The van der Waals surface area contributed by atoms with E-state index in [0.29, 0.717) is 5.92 Å². The SMILES string of the molecule is CC(C)CCOc1ccc(CC2CNC2)cc1. The number of hydrogen-bond acceptors (Lipinski definition) is 2. The molecule has 0 amide bonds. The highest BCUT2D eigenvalue weighted by atomic mass is 16.5. The van der Waals surface area contributed by atoms with Gasteiger partial charge in [0.1, 0.15) is 5.75 Å². The average molecular weight is 233 g/mol. The average Bonchev–Trinajstić information content (AvgIpc) is 2.25. The number of nitrogens with one attached hydrogen (secondary N) is 1. The first-order valence-electron chi connectivity index (χ1n) is 6.66. The van der Waals surface area contributed by atoms with Crippen LogP contribution < -0.4 is 10.1 Å². The number of ether oxygens (including phenoxy) is 1. The van der Waals surface area contributed by atoms with Crippen LogP contribution in [-0.2, 0) is 6.42 Å². The molecule has 1 aromatic carbocycles. The third-order valence-corrected chi connectivity index (χ3v) is 3.28. The van der Waals surface area contributed by atoms with Crippen molar-refractivity contribution in [1.29, 1.82) is 0 Å². The van der Waals surface area contributed by atoms with Crippen molar-refractivity contribution in [1.82, 2.24) is 5.32 Å². The molecule has 0 radical (unpaired) electrons. The highest BCUT2D eigenvalue weighted by molar-refractivity contribution is 5.27. The molecule has 1 aromatic rings. The quantitative estimate of drug-likeness (QED) is 0.815. The summed E-state index contributed by atoms with van der Waals surface area (Å²) in [5, 5.41) is 3.31. The molecule has 0 atom stereocenters. The van der Waals surface area contributed by atoms with Crippen LogP contribution in [0.15, 0.2) is 24.3 Å². The van der Waals surface area contributed by atoms with Gasteiger partial charge in [-0.1, -0.05) is 26.0 Å². The molecular formula is C15H23NO. The summed E-state index contributed by atoms with van der Waals surface area (Å²) in [7, 11) is 0. The predicted octanol–water partition coefficient (Wildman–Crippen LogP) is 2.87. The van der Waals surface area contributed by atoms with Crippen LogP contribution in [0, 0.1) is 11.8 Å². The monoisotopic (exact) mass is 233 g/mol. The first-order valence-corrected chi connectivity index (χ1v) is 6.66. The molecule has 0 bridgehead atoms. The second-order valence-corrected chi connectivity index (χ2v) is 5.40. The molecule has 2 nitrogen and oxygen atoms in total. The Bertz CT molecular complexity index is 327. The summed E-state index contributed by atoms with van der Waals surface area (Å²) >= 11 is 0. The maximum absolute atomic E-state index is 5.70. The molecule has 0 spiro atoms. The molecule has 1 aliphatic rings. The van der Waals surface area contributed by atoms with E-state index in [0.717, 1.165) is 24.7 Å². The second kappa shape index (κ2) is 6.06. The molecular weight excluding hydrogens is 210 g/mol. The Kier molecular flexibility index (Phi) is 4.43. The maximum atomic E-state index is 5.70. The van der Waals surface area contributed by atoms with Gasteiger partial charge in [-0.15, -0.1) is 0 Å². The lowest BCUT2D eigenvalue weighted by atomic mass is 9.94. The van der Waals surface area contributed by atoms with Gasteiger partial charge in [-0.2, -0.15) is 0 Å². The summed E-state index contributed by atoms with van der Waals surface area (Å²) in [6.07, 6.45) is 2.31. The second-order valence-electron chi connectivity index (χ2n) is 5.40. The van der Waals surface area contributed by atoms with Gasteiger partial charge in [-0.25, -0.2) is 0 Å². The van der Waals surface area contributed by atoms with E-state index in [4.69, 9.17) is 4.74 Å². The van der Waals surface area contributed by atoms with Gasteiger partial charge < -0.3 is 10.1 Å². The van der Waals surface area contributed by atoms with E-state index in [1.54, 1.807) is 0 Å². The molecule has 2 heteroatoms. The molecule has 0 saturated carbocycles. The lowest BCUT2D eigenvalue weighted by Gasteiger charge is -2.27. The summed E-state index contributed by atoms with van der Waals surface area (Å²) in [5.74, 6) is 2.55. The highest BCUT2D eigenvalue weighted by Gasteiger charge is 2.16. The highest BCUT2D eigenvalue weighted by Crippen LogP contribution is 2.17. The normalized spacial score (nSPS) is 15.9. The molecule has 0 aliphatic carbocycles. The van der Waals surface area contributed by atoms with Crippen LogP contribution in [0.4, 0.5) is 0 Å². The van der Waals surface area contributed by atoms with Gasteiger partial charge in [0, 0.05) is 0 Å². The van der Waals surface area contributed by atoms with E-state index in [2.05, 4.69) is 43.4 Å². The summed E-state index contributed by atoms with van der Waals surface area (Å²) in [5.41, 5.74) is 1.42. The molecule has 94 valence electrons. The molecule has 1 N–H and O–H groups in total. The van der Waals surface area contributed by atoms with Gasteiger partial charge >= 0.3 is 0 Å². The standard InChI is InChI=1S/C15H23NO/c1-12(2)7-8-17-15-5-3-13(4-6-15)9-14-10-16-11-14/h3-6,12,14,16H,7-11H2,1-2H3. The van der Waals surface area contributed by atoms with E-state index in [-0.39, 0.29) is 0 Å². The number of rotatable bonds is 6.